The lowest BCUT2D eigenvalue weighted by molar-refractivity contribution is 0.436. The lowest BCUT2D eigenvalue weighted by Gasteiger charge is -2.14. The standard InChI is InChI=1S/C19H29N3/c1-14(8-6-10-16(3)18(5)21-22-20)12-13-19-11-7-9-15(2)17(19)4/h7,9,11-12,16,18H,6,8,10,13H2,1-5H3/b14-12+. The van der Waals surface area contributed by atoms with Crippen molar-refractivity contribution in [2.75, 3.05) is 0 Å². The SMILES string of the molecule is C/C(=C\Cc1cccc(C)c1C)CCCC(C)C(C)N=[N+]=[N-]. The van der Waals surface area contributed by atoms with E-state index in [1.807, 2.05) is 6.92 Å². The van der Waals surface area contributed by atoms with Crippen LogP contribution in [0.2, 0.25) is 0 Å². The molecule has 22 heavy (non-hydrogen) atoms. The Kier molecular flexibility index (Phi) is 7.76. The van der Waals surface area contributed by atoms with E-state index in [0.29, 0.717) is 5.92 Å². The molecule has 2 unspecified atom stereocenters. The zero-order chi connectivity index (χ0) is 16.5. The van der Waals surface area contributed by atoms with Gasteiger partial charge in [-0.3, -0.25) is 0 Å². The van der Waals surface area contributed by atoms with Crippen LogP contribution in [0.15, 0.2) is 35.0 Å². The Bertz CT molecular complexity index is 554. The Morgan fingerprint density at radius 2 is 2.05 bits per heavy atom. The second-order valence-electron chi connectivity index (χ2n) is 6.43. The third-order valence-electron chi connectivity index (χ3n) is 4.68. The van der Waals surface area contributed by atoms with E-state index >= 15 is 0 Å². The van der Waals surface area contributed by atoms with Gasteiger partial charge < -0.3 is 0 Å². The highest BCUT2D eigenvalue weighted by Gasteiger charge is 2.09. The van der Waals surface area contributed by atoms with Crippen molar-refractivity contribution in [3.63, 3.8) is 0 Å². The maximum atomic E-state index is 8.47. The van der Waals surface area contributed by atoms with Gasteiger partial charge in [0.1, 0.15) is 0 Å². The summed E-state index contributed by atoms with van der Waals surface area (Å²) in [4.78, 5) is 2.89. The summed E-state index contributed by atoms with van der Waals surface area (Å²) in [5.41, 5.74) is 14.1. The molecule has 0 saturated heterocycles. The first-order valence-corrected chi connectivity index (χ1v) is 8.20. The highest BCUT2D eigenvalue weighted by atomic mass is 15.1. The van der Waals surface area contributed by atoms with Crippen molar-refractivity contribution < 1.29 is 0 Å². The van der Waals surface area contributed by atoms with Crippen LogP contribution in [0.3, 0.4) is 0 Å². The van der Waals surface area contributed by atoms with E-state index in [2.05, 4.69) is 62.0 Å². The zero-order valence-electron chi connectivity index (χ0n) is 14.6. The molecular weight excluding hydrogens is 270 g/mol. The number of benzene rings is 1. The van der Waals surface area contributed by atoms with Crippen LogP contribution in [0, 0.1) is 19.8 Å². The van der Waals surface area contributed by atoms with E-state index in [0.717, 1.165) is 25.7 Å². The van der Waals surface area contributed by atoms with Crippen molar-refractivity contribution in [3.05, 3.63) is 57.0 Å². The Hall–Kier alpha value is -1.73. The van der Waals surface area contributed by atoms with Gasteiger partial charge in [-0.05, 0) is 68.2 Å². The molecule has 1 aromatic rings. The van der Waals surface area contributed by atoms with Crippen molar-refractivity contribution in [1.82, 2.24) is 0 Å². The van der Waals surface area contributed by atoms with Gasteiger partial charge in [0.05, 0.1) is 0 Å². The molecule has 1 aromatic carbocycles. The molecule has 0 N–H and O–H groups in total. The Balaban J connectivity index is 2.43. The van der Waals surface area contributed by atoms with Gasteiger partial charge in [-0.25, -0.2) is 0 Å². The third kappa shape index (κ3) is 5.95. The molecule has 0 spiro atoms. The summed E-state index contributed by atoms with van der Waals surface area (Å²) >= 11 is 0. The minimum Gasteiger partial charge on any atom is -0.0906 e. The average molecular weight is 299 g/mol. The molecule has 0 saturated carbocycles. The molecule has 0 fully saturated rings. The number of nitrogens with zero attached hydrogens (tertiary/aromatic N) is 3. The first kappa shape index (κ1) is 18.3. The maximum absolute atomic E-state index is 8.47. The highest BCUT2D eigenvalue weighted by Crippen LogP contribution is 2.19. The van der Waals surface area contributed by atoms with Crippen LogP contribution in [0.5, 0.6) is 0 Å². The van der Waals surface area contributed by atoms with Gasteiger partial charge in [0, 0.05) is 11.0 Å². The summed E-state index contributed by atoms with van der Waals surface area (Å²) < 4.78 is 0. The monoisotopic (exact) mass is 299 g/mol. The van der Waals surface area contributed by atoms with E-state index in [1.54, 1.807) is 0 Å². The van der Waals surface area contributed by atoms with Gasteiger partial charge in [-0.2, -0.15) is 0 Å². The lowest BCUT2D eigenvalue weighted by Crippen LogP contribution is -2.10. The van der Waals surface area contributed by atoms with Gasteiger partial charge in [-0.1, -0.05) is 55.2 Å². The largest absolute Gasteiger partial charge is 0.0906 e. The number of hydrogen-bond acceptors (Lipinski definition) is 1. The normalized spacial score (nSPS) is 14.3. The van der Waals surface area contributed by atoms with Crippen LogP contribution in [-0.2, 0) is 6.42 Å². The number of hydrogen-bond donors (Lipinski definition) is 0. The molecule has 2 atom stereocenters. The first-order chi connectivity index (χ1) is 10.5. The van der Waals surface area contributed by atoms with Gasteiger partial charge in [-0.15, -0.1) is 0 Å². The predicted molar refractivity (Wildman–Crippen MR) is 95.0 cm³/mol. The molecule has 0 bridgehead atoms. The Labute approximate surface area is 135 Å². The van der Waals surface area contributed by atoms with Gasteiger partial charge in [0.2, 0.25) is 0 Å². The molecular formula is C19H29N3. The fourth-order valence-corrected chi connectivity index (χ4v) is 2.56. The summed E-state index contributed by atoms with van der Waals surface area (Å²) in [6.45, 7) is 10.7. The Morgan fingerprint density at radius 3 is 2.73 bits per heavy atom. The van der Waals surface area contributed by atoms with Crippen LogP contribution in [0.25, 0.3) is 10.4 Å². The van der Waals surface area contributed by atoms with Gasteiger partial charge >= 0.3 is 0 Å². The maximum Gasteiger partial charge on any atom is 0.0371 e. The summed E-state index contributed by atoms with van der Waals surface area (Å²) in [6.07, 6.45) is 6.75. The summed E-state index contributed by atoms with van der Waals surface area (Å²) in [6, 6.07) is 6.61. The van der Waals surface area contributed by atoms with E-state index in [9.17, 15) is 0 Å². The van der Waals surface area contributed by atoms with E-state index < -0.39 is 0 Å². The van der Waals surface area contributed by atoms with Crippen molar-refractivity contribution in [2.45, 2.75) is 66.3 Å². The number of azide groups is 1. The molecule has 0 aliphatic carbocycles. The minimum atomic E-state index is 0.0872. The van der Waals surface area contributed by atoms with Crippen LogP contribution in [0.4, 0.5) is 0 Å². The third-order valence-corrected chi connectivity index (χ3v) is 4.68. The van der Waals surface area contributed by atoms with E-state index in [4.69, 9.17) is 5.53 Å². The zero-order valence-corrected chi connectivity index (χ0v) is 14.6. The molecule has 1 rings (SSSR count). The molecule has 3 nitrogen and oxygen atoms in total. The first-order valence-electron chi connectivity index (χ1n) is 8.20. The fraction of sp³-hybridized carbons (Fsp3) is 0.579. The summed E-state index contributed by atoms with van der Waals surface area (Å²) in [7, 11) is 0. The van der Waals surface area contributed by atoms with Crippen molar-refractivity contribution in [2.24, 2.45) is 11.0 Å². The molecule has 0 amide bonds. The van der Waals surface area contributed by atoms with Crippen molar-refractivity contribution in [1.29, 1.82) is 0 Å². The number of rotatable bonds is 8. The van der Waals surface area contributed by atoms with Crippen LogP contribution < -0.4 is 0 Å². The van der Waals surface area contributed by atoms with Crippen LogP contribution in [0.1, 0.15) is 56.7 Å². The minimum absolute atomic E-state index is 0.0872. The smallest absolute Gasteiger partial charge is 0.0371 e. The second-order valence-corrected chi connectivity index (χ2v) is 6.43. The van der Waals surface area contributed by atoms with Crippen LogP contribution >= 0.6 is 0 Å². The fourth-order valence-electron chi connectivity index (χ4n) is 2.56. The van der Waals surface area contributed by atoms with Gasteiger partial charge in [0.15, 0.2) is 0 Å². The van der Waals surface area contributed by atoms with Crippen molar-refractivity contribution >= 4 is 0 Å². The van der Waals surface area contributed by atoms with Crippen molar-refractivity contribution in [3.8, 4) is 0 Å². The predicted octanol–water partition coefficient (Wildman–Crippen LogP) is 6.30. The quantitative estimate of drug-likeness (QED) is 0.234. The highest BCUT2D eigenvalue weighted by molar-refractivity contribution is 5.34. The van der Waals surface area contributed by atoms with E-state index in [1.165, 1.54) is 22.3 Å². The molecule has 0 aromatic heterocycles. The average Bonchev–Trinajstić information content (AvgIpc) is 2.49. The van der Waals surface area contributed by atoms with E-state index in [-0.39, 0.29) is 6.04 Å². The number of aryl methyl sites for hydroxylation is 1. The topological polar surface area (TPSA) is 48.8 Å². The molecule has 0 aliphatic rings. The number of allylic oxidation sites excluding steroid dienone is 2. The lowest BCUT2D eigenvalue weighted by atomic mass is 9.95. The summed E-state index contributed by atoms with van der Waals surface area (Å²) in [5.74, 6) is 0.447. The molecule has 0 heterocycles. The summed E-state index contributed by atoms with van der Waals surface area (Å²) in [5, 5.41) is 3.78. The molecule has 120 valence electrons. The molecule has 0 radical (unpaired) electrons. The Morgan fingerprint density at radius 1 is 1.32 bits per heavy atom. The van der Waals surface area contributed by atoms with Crippen LogP contribution in [-0.4, -0.2) is 6.04 Å². The second kappa shape index (κ2) is 9.32. The van der Waals surface area contributed by atoms with Gasteiger partial charge in [0.25, 0.3) is 0 Å². The molecule has 3 heteroatoms. The molecule has 0 aliphatic heterocycles.